The maximum Gasteiger partial charge on any atom is 0.306 e. The number of phenolic OH excluding ortho intramolecular Hbond substituents is 1. The number of aryl methyl sites for hydroxylation is 1. The van der Waals surface area contributed by atoms with Crippen LogP contribution < -0.4 is 0 Å². The lowest BCUT2D eigenvalue weighted by atomic mass is 9.92. The van der Waals surface area contributed by atoms with Crippen molar-refractivity contribution in [2.75, 3.05) is 0 Å². The molecule has 1 aromatic rings. The lowest BCUT2D eigenvalue weighted by Crippen LogP contribution is -2.13. The van der Waals surface area contributed by atoms with Crippen molar-refractivity contribution < 1.29 is 15.0 Å². The second-order valence-electron chi connectivity index (χ2n) is 4.94. The SMILES string of the molecule is Cc1cc(O)c(C(C)C)cc1CC(C)C(=O)O. The summed E-state index contributed by atoms with van der Waals surface area (Å²) in [6, 6.07) is 3.65. The molecule has 0 aromatic heterocycles. The number of carboxylic acid groups (broad SMARTS) is 1. The highest BCUT2D eigenvalue weighted by atomic mass is 16.4. The van der Waals surface area contributed by atoms with E-state index < -0.39 is 11.9 Å². The molecule has 1 unspecified atom stereocenters. The van der Waals surface area contributed by atoms with Gasteiger partial charge in [-0.15, -0.1) is 0 Å². The van der Waals surface area contributed by atoms with Crippen LogP contribution >= 0.6 is 0 Å². The third-order valence-corrected chi connectivity index (χ3v) is 3.05. The summed E-state index contributed by atoms with van der Waals surface area (Å²) < 4.78 is 0. The Morgan fingerprint density at radius 3 is 2.35 bits per heavy atom. The fourth-order valence-electron chi connectivity index (χ4n) is 1.86. The van der Waals surface area contributed by atoms with Crippen molar-refractivity contribution in [1.82, 2.24) is 0 Å². The molecule has 0 heterocycles. The Kier molecular flexibility index (Phi) is 4.16. The second-order valence-corrected chi connectivity index (χ2v) is 4.94. The van der Waals surface area contributed by atoms with Crippen molar-refractivity contribution in [3.63, 3.8) is 0 Å². The molecule has 0 spiro atoms. The van der Waals surface area contributed by atoms with Crippen LogP contribution in [0.1, 0.15) is 43.4 Å². The van der Waals surface area contributed by atoms with Crippen molar-refractivity contribution >= 4 is 5.97 Å². The zero-order chi connectivity index (χ0) is 13.2. The predicted molar refractivity (Wildman–Crippen MR) is 67.4 cm³/mol. The first-order valence-corrected chi connectivity index (χ1v) is 5.88. The lowest BCUT2D eigenvalue weighted by Gasteiger charge is -2.15. The van der Waals surface area contributed by atoms with E-state index in [2.05, 4.69) is 0 Å². The van der Waals surface area contributed by atoms with Crippen LogP contribution in [0, 0.1) is 12.8 Å². The van der Waals surface area contributed by atoms with Gasteiger partial charge in [-0.25, -0.2) is 0 Å². The average molecular weight is 236 g/mol. The molecule has 0 aliphatic carbocycles. The zero-order valence-electron chi connectivity index (χ0n) is 10.8. The molecule has 0 radical (unpaired) electrons. The van der Waals surface area contributed by atoms with Crippen molar-refractivity contribution in [3.8, 4) is 5.75 Å². The zero-order valence-corrected chi connectivity index (χ0v) is 10.8. The number of benzene rings is 1. The molecule has 17 heavy (non-hydrogen) atoms. The quantitative estimate of drug-likeness (QED) is 0.844. The number of aliphatic carboxylic acids is 1. The molecular weight excluding hydrogens is 216 g/mol. The minimum Gasteiger partial charge on any atom is -0.508 e. The van der Waals surface area contributed by atoms with Gasteiger partial charge in [0.25, 0.3) is 0 Å². The Balaban J connectivity index is 3.07. The van der Waals surface area contributed by atoms with Crippen LogP contribution in [0.3, 0.4) is 0 Å². The molecule has 2 N–H and O–H groups in total. The summed E-state index contributed by atoms with van der Waals surface area (Å²) in [7, 11) is 0. The van der Waals surface area contributed by atoms with Gasteiger partial charge < -0.3 is 10.2 Å². The number of carboxylic acids is 1. The summed E-state index contributed by atoms with van der Waals surface area (Å²) in [5.74, 6) is -0.666. The van der Waals surface area contributed by atoms with E-state index >= 15 is 0 Å². The van der Waals surface area contributed by atoms with E-state index in [1.807, 2.05) is 26.8 Å². The predicted octanol–water partition coefficient (Wildman–Crippen LogP) is 3.09. The van der Waals surface area contributed by atoms with E-state index in [0.29, 0.717) is 12.2 Å². The van der Waals surface area contributed by atoms with E-state index in [1.165, 1.54) is 0 Å². The maximum atomic E-state index is 10.9. The van der Waals surface area contributed by atoms with Crippen molar-refractivity contribution in [2.45, 2.75) is 40.0 Å². The summed E-state index contributed by atoms with van der Waals surface area (Å²) >= 11 is 0. The molecule has 0 aliphatic heterocycles. The molecule has 0 saturated carbocycles. The molecule has 0 amide bonds. The number of hydrogen-bond donors (Lipinski definition) is 2. The first kappa shape index (κ1) is 13.6. The van der Waals surface area contributed by atoms with Gasteiger partial charge in [0.2, 0.25) is 0 Å². The molecule has 0 bridgehead atoms. The van der Waals surface area contributed by atoms with Gasteiger partial charge in [0.15, 0.2) is 0 Å². The van der Waals surface area contributed by atoms with E-state index in [-0.39, 0.29) is 5.92 Å². The molecule has 94 valence electrons. The summed E-state index contributed by atoms with van der Waals surface area (Å²) in [4.78, 5) is 10.9. The molecule has 3 heteroatoms. The van der Waals surface area contributed by atoms with Gasteiger partial charge in [0.1, 0.15) is 5.75 Å². The van der Waals surface area contributed by atoms with Crippen LogP contribution in [0.2, 0.25) is 0 Å². The highest BCUT2D eigenvalue weighted by molar-refractivity contribution is 5.70. The van der Waals surface area contributed by atoms with Crippen LogP contribution in [-0.2, 0) is 11.2 Å². The summed E-state index contributed by atoms with van der Waals surface area (Å²) in [5.41, 5.74) is 2.82. The number of hydrogen-bond acceptors (Lipinski definition) is 2. The molecule has 1 aromatic carbocycles. The molecule has 3 nitrogen and oxygen atoms in total. The first-order valence-electron chi connectivity index (χ1n) is 5.88. The van der Waals surface area contributed by atoms with E-state index in [9.17, 15) is 9.90 Å². The van der Waals surface area contributed by atoms with Gasteiger partial charge in [0, 0.05) is 0 Å². The van der Waals surface area contributed by atoms with Gasteiger partial charge >= 0.3 is 5.97 Å². The van der Waals surface area contributed by atoms with Crippen LogP contribution in [0.5, 0.6) is 5.75 Å². The smallest absolute Gasteiger partial charge is 0.306 e. The highest BCUT2D eigenvalue weighted by Crippen LogP contribution is 2.29. The van der Waals surface area contributed by atoms with Gasteiger partial charge in [0.05, 0.1) is 5.92 Å². The minimum atomic E-state index is -0.788. The topological polar surface area (TPSA) is 57.5 Å². The molecular formula is C14H20O3. The van der Waals surface area contributed by atoms with Gasteiger partial charge in [-0.2, -0.15) is 0 Å². The van der Waals surface area contributed by atoms with E-state index in [0.717, 1.165) is 16.7 Å². The van der Waals surface area contributed by atoms with Crippen molar-refractivity contribution in [1.29, 1.82) is 0 Å². The van der Waals surface area contributed by atoms with Crippen molar-refractivity contribution in [3.05, 3.63) is 28.8 Å². The van der Waals surface area contributed by atoms with E-state index in [4.69, 9.17) is 5.11 Å². The molecule has 0 fully saturated rings. The highest BCUT2D eigenvalue weighted by Gasteiger charge is 2.15. The largest absolute Gasteiger partial charge is 0.508 e. The third-order valence-electron chi connectivity index (χ3n) is 3.05. The minimum absolute atomic E-state index is 0.231. The Bertz CT molecular complexity index is 422. The van der Waals surface area contributed by atoms with Gasteiger partial charge in [-0.3, -0.25) is 4.79 Å². The standard InChI is InChI=1S/C14H20O3/c1-8(2)12-7-11(5-10(4)14(16)17)9(3)6-13(12)15/h6-8,10,15H,5H2,1-4H3,(H,16,17). The number of carbonyl (C=O) groups is 1. The fraction of sp³-hybridized carbons (Fsp3) is 0.500. The lowest BCUT2D eigenvalue weighted by molar-refractivity contribution is -0.141. The monoisotopic (exact) mass is 236 g/mol. The average Bonchev–Trinajstić information content (AvgIpc) is 2.21. The summed E-state index contributed by atoms with van der Waals surface area (Å²) in [6.07, 6.45) is 0.501. The second kappa shape index (κ2) is 5.21. The molecule has 0 saturated heterocycles. The van der Waals surface area contributed by atoms with Gasteiger partial charge in [-0.05, 0) is 42.0 Å². The van der Waals surface area contributed by atoms with E-state index in [1.54, 1.807) is 13.0 Å². The van der Waals surface area contributed by atoms with Gasteiger partial charge in [-0.1, -0.05) is 26.8 Å². The summed E-state index contributed by atoms with van der Waals surface area (Å²) in [5, 5.41) is 18.7. The Labute approximate surface area is 102 Å². The van der Waals surface area contributed by atoms with Crippen LogP contribution in [0.25, 0.3) is 0 Å². The summed E-state index contributed by atoms with van der Waals surface area (Å²) in [6.45, 7) is 7.61. The van der Waals surface area contributed by atoms with Crippen LogP contribution in [-0.4, -0.2) is 16.2 Å². The Morgan fingerprint density at radius 2 is 1.88 bits per heavy atom. The normalized spacial score (nSPS) is 12.8. The first-order chi connectivity index (χ1) is 7.82. The maximum absolute atomic E-state index is 10.9. The van der Waals surface area contributed by atoms with Crippen molar-refractivity contribution in [2.24, 2.45) is 5.92 Å². The van der Waals surface area contributed by atoms with Crippen LogP contribution in [0.4, 0.5) is 0 Å². The third kappa shape index (κ3) is 3.22. The Hall–Kier alpha value is -1.51. The number of phenols is 1. The Morgan fingerprint density at radius 1 is 1.29 bits per heavy atom. The number of aromatic hydroxyl groups is 1. The number of rotatable bonds is 4. The molecule has 1 rings (SSSR count). The van der Waals surface area contributed by atoms with Crippen LogP contribution in [0.15, 0.2) is 12.1 Å². The molecule has 0 aliphatic rings. The fourth-order valence-corrected chi connectivity index (χ4v) is 1.86. The molecule has 1 atom stereocenters.